The van der Waals surface area contributed by atoms with Gasteiger partial charge in [0, 0.05) is 23.5 Å². The van der Waals surface area contributed by atoms with Crippen LogP contribution in [0, 0.1) is 22.7 Å². The number of nitrogens with one attached hydrogen (secondary N) is 4. The minimum Gasteiger partial charge on any atom is -0.377 e. The summed E-state index contributed by atoms with van der Waals surface area (Å²) in [7, 11) is 0. The van der Waals surface area contributed by atoms with Gasteiger partial charge in [0.15, 0.2) is 0 Å². The number of rotatable bonds is 10. The van der Waals surface area contributed by atoms with Crippen LogP contribution in [0.4, 0.5) is 11.4 Å². The van der Waals surface area contributed by atoms with E-state index < -0.39 is 6.02 Å². The average Bonchev–Trinajstić information content (AvgIpc) is 3.50. The van der Waals surface area contributed by atoms with Crippen LogP contribution in [0.3, 0.4) is 0 Å². The lowest BCUT2D eigenvalue weighted by Crippen LogP contribution is -2.37. The van der Waals surface area contributed by atoms with Crippen molar-refractivity contribution in [2.75, 3.05) is 17.2 Å². The minimum absolute atomic E-state index is 0.0574. The maximum Gasteiger partial charge on any atom is 0.103 e. The zero-order chi connectivity index (χ0) is 29.7. The van der Waals surface area contributed by atoms with E-state index in [1.165, 1.54) is 6.20 Å². The first kappa shape index (κ1) is 26.2. The molecule has 1 aliphatic heterocycles. The van der Waals surface area contributed by atoms with Crippen molar-refractivity contribution in [2.24, 2.45) is 0 Å². The normalized spacial score (nSPS) is 15.0. The van der Waals surface area contributed by atoms with Gasteiger partial charge in [-0.15, -0.1) is 12.1 Å². The van der Waals surface area contributed by atoms with E-state index in [1.54, 1.807) is 47.6 Å². The third-order valence-electron chi connectivity index (χ3n) is 6.74. The fourth-order valence-electron chi connectivity index (χ4n) is 4.75. The highest BCUT2D eigenvalue weighted by atomic mass is 35.5. The fourth-order valence-corrected chi connectivity index (χ4v) is 5.02. The summed E-state index contributed by atoms with van der Waals surface area (Å²) in [5.41, 5.74) is 10.7. The summed E-state index contributed by atoms with van der Waals surface area (Å²) in [6.07, 6.45) is 5.82. The molecule has 5 rings (SSSR count). The van der Waals surface area contributed by atoms with E-state index in [0.29, 0.717) is 56.2 Å². The zero-order valence-corrected chi connectivity index (χ0v) is 23.2. The molecule has 0 unspecified atom stereocenters. The largest absolute Gasteiger partial charge is 0.377 e. The van der Waals surface area contributed by atoms with Crippen molar-refractivity contribution < 1.29 is 1.37 Å². The Balaban J connectivity index is 1.63. The SMILES string of the molecule is [2H][C@](Nc1cc(Cl)c2ncc(C#N)c(N[C@H](CC)c3ccccc3)c2c1)(C1=CN(CC=C)NN1)c1cccc(C#N)c1. The van der Waals surface area contributed by atoms with Gasteiger partial charge in [0.2, 0.25) is 0 Å². The number of pyridine rings is 1. The Hall–Kier alpha value is -5.02. The molecule has 0 bridgehead atoms. The predicted molar refractivity (Wildman–Crippen MR) is 163 cm³/mol. The molecule has 3 aromatic carbocycles. The number of benzene rings is 3. The summed E-state index contributed by atoms with van der Waals surface area (Å²) in [6, 6.07) is 23.3. The maximum absolute atomic E-state index is 10.00. The van der Waals surface area contributed by atoms with Crippen LogP contribution >= 0.6 is 11.6 Å². The molecule has 2 atom stereocenters. The number of hydrazine groups is 2. The van der Waals surface area contributed by atoms with E-state index in [1.807, 2.05) is 36.4 Å². The number of anilines is 2. The van der Waals surface area contributed by atoms with E-state index in [0.717, 1.165) is 12.0 Å². The van der Waals surface area contributed by atoms with Crippen molar-refractivity contribution in [1.29, 1.82) is 10.5 Å². The van der Waals surface area contributed by atoms with E-state index in [2.05, 4.69) is 52.2 Å². The molecule has 1 aromatic heterocycles. The Morgan fingerprint density at radius 3 is 2.63 bits per heavy atom. The van der Waals surface area contributed by atoms with Gasteiger partial charge < -0.3 is 16.1 Å². The Labute approximate surface area is 245 Å². The Kier molecular flexibility index (Phi) is 7.95. The molecule has 8 nitrogen and oxygen atoms in total. The van der Waals surface area contributed by atoms with Gasteiger partial charge in [-0.05, 0) is 41.8 Å². The van der Waals surface area contributed by atoms with Gasteiger partial charge in [-0.2, -0.15) is 10.5 Å². The van der Waals surface area contributed by atoms with Crippen molar-refractivity contribution in [3.05, 3.63) is 125 Å². The van der Waals surface area contributed by atoms with Crippen molar-refractivity contribution in [2.45, 2.75) is 25.4 Å². The van der Waals surface area contributed by atoms with Gasteiger partial charge in [-0.25, -0.2) is 0 Å². The van der Waals surface area contributed by atoms with Crippen molar-refractivity contribution >= 4 is 33.9 Å². The maximum atomic E-state index is 10.00. The standard InChI is InChI=1S/C32H29ClN8/c1-3-13-41-20-29(39-40-41)31(23-12-8-9-21(14-23)17-34)37-25-15-26-30(24(18-35)19-36-32(26)27(33)16-25)38-28(4-2)22-10-6-5-7-11-22/h3,5-12,14-16,19-20,28,31,37,39-40H,1,4,13H2,2H3,(H,36,38)/t28-,31-/m1/s1/i31D. The summed E-state index contributed by atoms with van der Waals surface area (Å²) in [5, 5.41) is 29.2. The van der Waals surface area contributed by atoms with Crippen LogP contribution in [0.25, 0.3) is 10.9 Å². The molecule has 4 N–H and O–H groups in total. The van der Waals surface area contributed by atoms with Crippen LogP contribution in [0.15, 0.2) is 97.5 Å². The second-order valence-electron chi connectivity index (χ2n) is 9.44. The minimum atomic E-state index is -1.56. The molecule has 1 aliphatic rings. The molecule has 0 amide bonds. The Morgan fingerprint density at radius 2 is 1.90 bits per heavy atom. The van der Waals surface area contributed by atoms with Crippen LogP contribution in [0.2, 0.25) is 5.02 Å². The lowest BCUT2D eigenvalue weighted by atomic mass is 10.0. The summed E-state index contributed by atoms with van der Waals surface area (Å²) < 4.78 is 9.69. The third kappa shape index (κ3) is 5.95. The molecular formula is C32H29ClN8. The first-order chi connectivity index (χ1) is 20.4. The lowest BCUT2D eigenvalue weighted by molar-refractivity contribution is 0.297. The fraction of sp³-hybridized carbons (Fsp3) is 0.156. The number of hydrogen-bond donors (Lipinski definition) is 4. The number of aromatic nitrogens is 1. The predicted octanol–water partition coefficient (Wildman–Crippen LogP) is 6.70. The Bertz CT molecular complexity index is 1740. The van der Waals surface area contributed by atoms with Crippen molar-refractivity contribution in [3.8, 4) is 12.1 Å². The summed E-state index contributed by atoms with van der Waals surface area (Å²) >= 11 is 6.78. The van der Waals surface area contributed by atoms with E-state index >= 15 is 0 Å². The van der Waals surface area contributed by atoms with Crippen LogP contribution in [-0.4, -0.2) is 16.5 Å². The van der Waals surface area contributed by atoms with E-state index in [9.17, 15) is 11.9 Å². The van der Waals surface area contributed by atoms with Gasteiger partial charge in [0.05, 0.1) is 59.1 Å². The van der Waals surface area contributed by atoms with E-state index in [4.69, 9.17) is 11.6 Å². The summed E-state index contributed by atoms with van der Waals surface area (Å²) in [6.45, 7) is 6.36. The second-order valence-corrected chi connectivity index (χ2v) is 9.85. The molecule has 0 radical (unpaired) electrons. The molecule has 0 fully saturated rings. The van der Waals surface area contributed by atoms with Crippen LogP contribution in [0.1, 0.15) is 49.0 Å². The molecule has 2 heterocycles. The van der Waals surface area contributed by atoms with Gasteiger partial charge in [-0.3, -0.25) is 9.99 Å². The molecule has 4 aromatic rings. The second kappa shape index (κ2) is 12.4. The van der Waals surface area contributed by atoms with Crippen molar-refractivity contribution in [3.63, 3.8) is 0 Å². The van der Waals surface area contributed by atoms with Crippen LogP contribution in [0.5, 0.6) is 0 Å². The highest BCUT2D eigenvalue weighted by Gasteiger charge is 2.24. The highest BCUT2D eigenvalue weighted by Crippen LogP contribution is 2.37. The lowest BCUT2D eigenvalue weighted by Gasteiger charge is -2.24. The monoisotopic (exact) mass is 561 g/mol. The molecule has 0 spiro atoms. The van der Waals surface area contributed by atoms with Gasteiger partial charge in [-0.1, -0.05) is 67.1 Å². The number of nitrogens with zero attached hydrogens (tertiary/aromatic N) is 4. The van der Waals surface area contributed by atoms with Gasteiger partial charge in [0.25, 0.3) is 0 Å². The first-order valence-electron chi connectivity index (χ1n) is 13.6. The molecule has 9 heteroatoms. The molecule has 0 saturated carbocycles. The first-order valence-corrected chi connectivity index (χ1v) is 13.5. The quantitative estimate of drug-likeness (QED) is 0.158. The molecule has 0 aliphatic carbocycles. The topological polar surface area (TPSA) is 112 Å². The van der Waals surface area contributed by atoms with Gasteiger partial charge >= 0.3 is 0 Å². The average molecular weight is 562 g/mol. The summed E-state index contributed by atoms with van der Waals surface area (Å²) in [5.74, 6) is 0. The summed E-state index contributed by atoms with van der Waals surface area (Å²) in [4.78, 5) is 4.49. The van der Waals surface area contributed by atoms with Crippen LogP contribution < -0.4 is 21.6 Å². The van der Waals surface area contributed by atoms with Crippen LogP contribution in [-0.2, 0) is 0 Å². The van der Waals surface area contributed by atoms with Crippen molar-refractivity contribution in [1.82, 2.24) is 21.0 Å². The Morgan fingerprint density at radius 1 is 1.10 bits per heavy atom. The zero-order valence-electron chi connectivity index (χ0n) is 23.4. The molecule has 41 heavy (non-hydrogen) atoms. The highest BCUT2D eigenvalue weighted by molar-refractivity contribution is 6.35. The molecule has 204 valence electrons. The number of halogens is 1. The smallest absolute Gasteiger partial charge is 0.103 e. The number of nitriles is 2. The third-order valence-corrected chi connectivity index (χ3v) is 7.03. The number of hydrogen-bond acceptors (Lipinski definition) is 8. The number of fused-ring (bicyclic) bond motifs is 1. The molecular weight excluding hydrogens is 532 g/mol. The van der Waals surface area contributed by atoms with Gasteiger partial charge in [0.1, 0.15) is 6.07 Å². The van der Waals surface area contributed by atoms with E-state index in [-0.39, 0.29) is 6.04 Å². The molecule has 0 saturated heterocycles.